The van der Waals surface area contributed by atoms with Gasteiger partial charge in [0.1, 0.15) is 11.3 Å². The number of fused-ring (bicyclic) bond motifs is 1. The van der Waals surface area contributed by atoms with Crippen molar-refractivity contribution < 1.29 is 23.9 Å². The predicted molar refractivity (Wildman–Crippen MR) is 110 cm³/mol. The van der Waals surface area contributed by atoms with Crippen molar-refractivity contribution in [2.75, 3.05) is 13.1 Å². The van der Waals surface area contributed by atoms with E-state index in [-0.39, 0.29) is 46.1 Å². The summed E-state index contributed by atoms with van der Waals surface area (Å²) in [5.41, 5.74) is -1.72. The van der Waals surface area contributed by atoms with Crippen molar-refractivity contribution in [2.45, 2.75) is 45.8 Å². The van der Waals surface area contributed by atoms with Gasteiger partial charge in [-0.1, -0.05) is 22.8 Å². The van der Waals surface area contributed by atoms with Crippen LogP contribution < -0.4 is 5.32 Å². The molecule has 7 nitrogen and oxygen atoms in total. The molecule has 30 heavy (non-hydrogen) atoms. The number of halogens is 2. The van der Waals surface area contributed by atoms with E-state index in [2.05, 4.69) is 10.5 Å². The van der Waals surface area contributed by atoms with E-state index in [4.69, 9.17) is 16.3 Å². The number of hydrogen-bond acceptors (Lipinski definition) is 5. The number of oxime groups is 1. The van der Waals surface area contributed by atoms with Crippen molar-refractivity contribution in [2.24, 2.45) is 22.9 Å². The number of hydrogen-bond donors (Lipinski definition) is 2. The zero-order valence-electron chi connectivity index (χ0n) is 17.7. The molecule has 1 aliphatic carbocycles. The molecule has 1 saturated carbocycles. The minimum Gasteiger partial charge on any atom is -0.444 e. The van der Waals surface area contributed by atoms with E-state index < -0.39 is 17.0 Å². The third kappa shape index (κ3) is 4.38. The SMILES string of the molecule is CC(C)(C)OC(=O)N1C[C@@H]2C(C(=O)NC(C)(C)/C(=N\O)c3cccc(Cl)c3F)[C@@H]2C1. The van der Waals surface area contributed by atoms with Gasteiger partial charge in [-0.2, -0.15) is 0 Å². The summed E-state index contributed by atoms with van der Waals surface area (Å²) < 4.78 is 19.8. The van der Waals surface area contributed by atoms with Crippen LogP contribution >= 0.6 is 11.6 Å². The fourth-order valence-electron chi connectivity index (χ4n) is 4.04. The quantitative estimate of drug-likeness (QED) is 0.425. The van der Waals surface area contributed by atoms with Gasteiger partial charge in [-0.15, -0.1) is 0 Å². The number of rotatable bonds is 4. The van der Waals surface area contributed by atoms with Crippen molar-refractivity contribution in [3.05, 3.63) is 34.6 Å². The normalized spacial score (nSPS) is 23.8. The zero-order valence-corrected chi connectivity index (χ0v) is 18.5. The molecule has 2 amide bonds. The Balaban J connectivity index is 1.63. The highest BCUT2D eigenvalue weighted by molar-refractivity contribution is 6.31. The molecule has 9 heteroatoms. The molecule has 1 heterocycles. The average Bonchev–Trinajstić information content (AvgIpc) is 3.11. The molecular weight excluding hydrogens is 413 g/mol. The Morgan fingerprint density at radius 3 is 2.37 bits per heavy atom. The summed E-state index contributed by atoms with van der Waals surface area (Å²) in [4.78, 5) is 26.7. The molecule has 3 rings (SSSR count). The molecule has 164 valence electrons. The number of carbonyl (C=O) groups is 2. The first-order valence-corrected chi connectivity index (χ1v) is 10.2. The maximum Gasteiger partial charge on any atom is 0.410 e. The van der Waals surface area contributed by atoms with Gasteiger partial charge in [0, 0.05) is 24.6 Å². The molecule has 2 N–H and O–H groups in total. The number of ether oxygens (including phenoxy) is 1. The summed E-state index contributed by atoms with van der Waals surface area (Å²) in [6, 6.07) is 4.37. The van der Waals surface area contributed by atoms with Gasteiger partial charge < -0.3 is 20.2 Å². The Hall–Kier alpha value is -2.35. The molecule has 0 aromatic heterocycles. The monoisotopic (exact) mass is 439 g/mol. The standard InChI is InChI=1S/C21H27ClFN3O4/c1-20(2,3)30-19(28)26-9-12-13(10-26)15(12)18(27)24-21(4,5)17(25-29)11-7-6-8-14(22)16(11)23/h6-8,12-13,15,29H,9-10H2,1-5H3,(H,24,27)/b25-17-/t12-,13+,15?. The Kier molecular flexibility index (Phi) is 5.75. The molecule has 1 aromatic rings. The zero-order chi connectivity index (χ0) is 22.4. The van der Waals surface area contributed by atoms with Crippen molar-refractivity contribution in [3.63, 3.8) is 0 Å². The van der Waals surface area contributed by atoms with E-state index in [1.54, 1.807) is 24.8 Å². The number of piperidine rings is 1. The van der Waals surface area contributed by atoms with Gasteiger partial charge in [0.05, 0.1) is 10.6 Å². The van der Waals surface area contributed by atoms with Crippen LogP contribution in [0, 0.1) is 23.6 Å². The van der Waals surface area contributed by atoms with Crippen LogP contribution in [0.3, 0.4) is 0 Å². The average molecular weight is 440 g/mol. The topological polar surface area (TPSA) is 91.2 Å². The van der Waals surface area contributed by atoms with Crippen LogP contribution in [0.1, 0.15) is 40.2 Å². The Morgan fingerprint density at radius 2 is 1.83 bits per heavy atom. The third-order valence-corrected chi connectivity index (χ3v) is 5.77. The number of nitrogens with zero attached hydrogens (tertiary/aromatic N) is 2. The second-order valence-electron chi connectivity index (χ2n) is 9.40. The van der Waals surface area contributed by atoms with E-state index in [1.165, 1.54) is 12.1 Å². The molecule has 1 aliphatic heterocycles. The van der Waals surface area contributed by atoms with E-state index in [0.717, 1.165) is 0 Å². The summed E-state index contributed by atoms with van der Waals surface area (Å²) in [5.74, 6) is -1.06. The number of amides is 2. The summed E-state index contributed by atoms with van der Waals surface area (Å²) in [6.07, 6.45) is -0.375. The minimum absolute atomic E-state index is 0.0161. The molecule has 0 spiro atoms. The van der Waals surface area contributed by atoms with E-state index >= 15 is 0 Å². The Bertz CT molecular complexity index is 885. The maximum atomic E-state index is 14.4. The second kappa shape index (κ2) is 7.72. The lowest BCUT2D eigenvalue weighted by molar-refractivity contribution is -0.124. The van der Waals surface area contributed by atoms with Crippen molar-refractivity contribution in [1.29, 1.82) is 0 Å². The second-order valence-corrected chi connectivity index (χ2v) is 9.81. The smallest absolute Gasteiger partial charge is 0.410 e. The molecule has 0 bridgehead atoms. The van der Waals surface area contributed by atoms with Gasteiger partial charge >= 0.3 is 6.09 Å². The maximum absolute atomic E-state index is 14.4. The lowest BCUT2D eigenvalue weighted by Gasteiger charge is -2.29. The van der Waals surface area contributed by atoms with Crippen LogP contribution in [-0.4, -0.2) is 52.0 Å². The van der Waals surface area contributed by atoms with Crippen LogP contribution in [0.15, 0.2) is 23.4 Å². The van der Waals surface area contributed by atoms with Crippen molar-refractivity contribution in [3.8, 4) is 0 Å². The first-order valence-electron chi connectivity index (χ1n) is 9.82. The highest BCUT2D eigenvalue weighted by Gasteiger charge is 2.61. The number of likely N-dealkylation sites (tertiary alicyclic amines) is 1. The summed E-state index contributed by atoms with van der Waals surface area (Å²) in [6.45, 7) is 9.61. The third-order valence-electron chi connectivity index (χ3n) is 5.48. The molecule has 1 aromatic carbocycles. The van der Waals surface area contributed by atoms with Crippen molar-refractivity contribution in [1.82, 2.24) is 10.2 Å². The Labute approximate surface area is 180 Å². The van der Waals surface area contributed by atoms with Crippen LogP contribution in [0.5, 0.6) is 0 Å². The summed E-state index contributed by atoms with van der Waals surface area (Å²) in [5, 5.41) is 15.5. The highest BCUT2D eigenvalue weighted by atomic mass is 35.5. The van der Waals surface area contributed by atoms with Gasteiger partial charge in [-0.3, -0.25) is 4.79 Å². The Morgan fingerprint density at radius 1 is 1.23 bits per heavy atom. The van der Waals surface area contributed by atoms with Gasteiger partial charge in [0.2, 0.25) is 5.91 Å². The van der Waals surface area contributed by atoms with Crippen LogP contribution in [0.25, 0.3) is 0 Å². The fraction of sp³-hybridized carbons (Fsp3) is 0.571. The van der Waals surface area contributed by atoms with E-state index in [0.29, 0.717) is 13.1 Å². The lowest BCUT2D eigenvalue weighted by atomic mass is 9.91. The molecule has 3 atom stereocenters. The fourth-order valence-corrected chi connectivity index (χ4v) is 4.22. The van der Waals surface area contributed by atoms with Gasteiger partial charge in [-0.05, 0) is 58.6 Å². The molecule has 0 radical (unpaired) electrons. The first kappa shape index (κ1) is 22.3. The predicted octanol–water partition coefficient (Wildman–Crippen LogP) is 3.67. The largest absolute Gasteiger partial charge is 0.444 e. The van der Waals surface area contributed by atoms with E-state index in [9.17, 15) is 19.2 Å². The summed E-state index contributed by atoms with van der Waals surface area (Å²) >= 11 is 5.83. The number of nitrogens with one attached hydrogen (secondary N) is 1. The highest BCUT2D eigenvalue weighted by Crippen LogP contribution is 2.52. The number of benzene rings is 1. The molecular formula is C21H27ClFN3O4. The summed E-state index contributed by atoms with van der Waals surface area (Å²) in [7, 11) is 0. The van der Waals surface area contributed by atoms with Crippen LogP contribution in [-0.2, 0) is 9.53 Å². The van der Waals surface area contributed by atoms with E-state index in [1.807, 2.05) is 20.8 Å². The van der Waals surface area contributed by atoms with Crippen LogP contribution in [0.4, 0.5) is 9.18 Å². The van der Waals surface area contributed by atoms with Gasteiger partial charge in [-0.25, -0.2) is 9.18 Å². The van der Waals surface area contributed by atoms with Gasteiger partial charge in [0.15, 0.2) is 5.82 Å². The van der Waals surface area contributed by atoms with Crippen molar-refractivity contribution >= 4 is 29.3 Å². The number of carbonyl (C=O) groups excluding carboxylic acids is 2. The lowest BCUT2D eigenvalue weighted by Crippen LogP contribution is -2.51. The molecule has 2 fully saturated rings. The van der Waals surface area contributed by atoms with Crippen LogP contribution in [0.2, 0.25) is 5.02 Å². The molecule has 2 aliphatic rings. The molecule has 1 unspecified atom stereocenters. The first-order chi connectivity index (χ1) is 13.9. The minimum atomic E-state index is -1.14. The van der Waals surface area contributed by atoms with Gasteiger partial charge in [0.25, 0.3) is 0 Å². The molecule has 1 saturated heterocycles.